The molecule has 1 heterocycles. The van der Waals surface area contributed by atoms with Crippen LogP contribution in [0.2, 0.25) is 0 Å². The van der Waals surface area contributed by atoms with Crippen LogP contribution >= 0.6 is 0 Å². The van der Waals surface area contributed by atoms with Crippen LogP contribution in [0.15, 0.2) is 11.3 Å². The van der Waals surface area contributed by atoms with Gasteiger partial charge in [0.1, 0.15) is 11.4 Å². The summed E-state index contributed by atoms with van der Waals surface area (Å²) < 4.78 is 5.68. The molecule has 11 heavy (non-hydrogen) atoms. The van der Waals surface area contributed by atoms with Gasteiger partial charge < -0.3 is 4.74 Å². The Morgan fingerprint density at radius 3 is 1.64 bits per heavy atom. The highest BCUT2D eigenvalue weighted by Gasteiger charge is 2.53. The van der Waals surface area contributed by atoms with Gasteiger partial charge in [-0.3, -0.25) is 0 Å². The molecule has 0 atom stereocenters. The number of rotatable bonds is 0. The number of allylic oxidation sites excluding steroid dienone is 1. The molecule has 0 amide bonds. The van der Waals surface area contributed by atoms with Gasteiger partial charge >= 0.3 is 0 Å². The quantitative estimate of drug-likeness (QED) is 0.521. The van der Waals surface area contributed by atoms with E-state index in [1.807, 2.05) is 0 Å². The molecule has 0 radical (unpaired) electrons. The highest BCUT2D eigenvalue weighted by molar-refractivity contribution is 5.24. The molecule has 1 heteroatoms. The Balaban J connectivity index is 2.95. The summed E-state index contributed by atoms with van der Waals surface area (Å²) in [5, 5.41) is 0. The van der Waals surface area contributed by atoms with Crippen LogP contribution in [0.3, 0.4) is 0 Å². The zero-order valence-electron chi connectivity index (χ0n) is 8.41. The molecule has 0 saturated carbocycles. The standard InChI is InChI=1S/C10H18O/c1-7(2)8-9(3,4)10(5,6)11-8/h1-6H3. The highest BCUT2D eigenvalue weighted by atomic mass is 16.5. The van der Waals surface area contributed by atoms with Gasteiger partial charge in [0.15, 0.2) is 0 Å². The van der Waals surface area contributed by atoms with Crippen LogP contribution in [0.25, 0.3) is 0 Å². The largest absolute Gasteiger partial charge is 0.491 e. The van der Waals surface area contributed by atoms with Crippen LogP contribution in [0.5, 0.6) is 0 Å². The lowest BCUT2D eigenvalue weighted by Crippen LogP contribution is -2.54. The van der Waals surface area contributed by atoms with Crippen LogP contribution in [-0.2, 0) is 4.74 Å². The maximum Gasteiger partial charge on any atom is 0.115 e. The van der Waals surface area contributed by atoms with Crippen LogP contribution in [0.4, 0.5) is 0 Å². The summed E-state index contributed by atoms with van der Waals surface area (Å²) in [5.41, 5.74) is 1.53. The summed E-state index contributed by atoms with van der Waals surface area (Å²) in [7, 11) is 0. The summed E-state index contributed by atoms with van der Waals surface area (Å²) in [4.78, 5) is 0. The van der Waals surface area contributed by atoms with E-state index in [2.05, 4.69) is 41.5 Å². The summed E-state index contributed by atoms with van der Waals surface area (Å²) in [6.07, 6.45) is 0. The van der Waals surface area contributed by atoms with E-state index in [0.29, 0.717) is 0 Å². The zero-order valence-corrected chi connectivity index (χ0v) is 8.41. The van der Waals surface area contributed by atoms with E-state index in [4.69, 9.17) is 4.74 Å². The first kappa shape index (κ1) is 8.63. The van der Waals surface area contributed by atoms with Crippen LogP contribution in [0.1, 0.15) is 41.5 Å². The van der Waals surface area contributed by atoms with E-state index < -0.39 is 0 Å². The maximum absolute atomic E-state index is 5.68. The predicted molar refractivity (Wildman–Crippen MR) is 47.3 cm³/mol. The van der Waals surface area contributed by atoms with Crippen molar-refractivity contribution in [2.45, 2.75) is 47.1 Å². The molecule has 0 bridgehead atoms. The van der Waals surface area contributed by atoms with Crippen molar-refractivity contribution in [3.05, 3.63) is 11.3 Å². The average molecular weight is 154 g/mol. The van der Waals surface area contributed by atoms with Crippen molar-refractivity contribution >= 4 is 0 Å². The van der Waals surface area contributed by atoms with Crippen molar-refractivity contribution < 1.29 is 4.74 Å². The molecule has 0 N–H and O–H groups in total. The smallest absolute Gasteiger partial charge is 0.115 e. The Morgan fingerprint density at radius 2 is 1.55 bits per heavy atom. The first-order valence-electron chi connectivity index (χ1n) is 4.16. The van der Waals surface area contributed by atoms with E-state index in [9.17, 15) is 0 Å². The van der Waals surface area contributed by atoms with E-state index in [1.165, 1.54) is 11.3 Å². The molecule has 1 rings (SSSR count). The molecular formula is C10H18O. The Morgan fingerprint density at radius 1 is 1.09 bits per heavy atom. The topological polar surface area (TPSA) is 9.23 Å². The second kappa shape index (κ2) is 2.02. The molecule has 0 aromatic carbocycles. The van der Waals surface area contributed by atoms with E-state index in [0.717, 1.165) is 0 Å². The molecule has 1 fully saturated rings. The van der Waals surface area contributed by atoms with Crippen LogP contribution in [0, 0.1) is 5.41 Å². The molecule has 1 aliphatic heterocycles. The molecular weight excluding hydrogens is 136 g/mol. The molecule has 0 aromatic heterocycles. The fourth-order valence-corrected chi connectivity index (χ4v) is 1.46. The molecule has 64 valence electrons. The summed E-state index contributed by atoms with van der Waals surface area (Å²) in [6.45, 7) is 13.0. The molecule has 0 aromatic rings. The fraction of sp³-hybridized carbons (Fsp3) is 0.800. The Kier molecular flexibility index (Phi) is 1.59. The molecule has 1 aliphatic rings. The number of ether oxygens (including phenoxy) is 1. The summed E-state index contributed by atoms with van der Waals surface area (Å²) in [5.74, 6) is 1.17. The molecule has 0 spiro atoms. The van der Waals surface area contributed by atoms with Gasteiger partial charge in [0.25, 0.3) is 0 Å². The zero-order chi connectivity index (χ0) is 8.86. The monoisotopic (exact) mass is 154 g/mol. The van der Waals surface area contributed by atoms with Crippen molar-refractivity contribution in [3.63, 3.8) is 0 Å². The van der Waals surface area contributed by atoms with Gasteiger partial charge in [-0.2, -0.15) is 0 Å². The first-order valence-corrected chi connectivity index (χ1v) is 4.16. The van der Waals surface area contributed by atoms with E-state index >= 15 is 0 Å². The molecule has 0 aliphatic carbocycles. The van der Waals surface area contributed by atoms with Crippen molar-refractivity contribution in [1.29, 1.82) is 0 Å². The minimum atomic E-state index is 0.0135. The van der Waals surface area contributed by atoms with Crippen molar-refractivity contribution in [2.75, 3.05) is 0 Å². The average Bonchev–Trinajstić information content (AvgIpc) is 1.82. The minimum absolute atomic E-state index is 0.0135. The maximum atomic E-state index is 5.68. The molecule has 1 saturated heterocycles. The minimum Gasteiger partial charge on any atom is -0.491 e. The fourth-order valence-electron chi connectivity index (χ4n) is 1.46. The van der Waals surface area contributed by atoms with Gasteiger partial charge in [-0.15, -0.1) is 0 Å². The Bertz CT molecular complexity index is 205. The second-order valence-electron chi connectivity index (χ2n) is 4.57. The SMILES string of the molecule is CC(C)=C1OC(C)(C)C1(C)C. The van der Waals surface area contributed by atoms with E-state index in [1.54, 1.807) is 0 Å². The van der Waals surface area contributed by atoms with Crippen molar-refractivity contribution in [1.82, 2.24) is 0 Å². The van der Waals surface area contributed by atoms with Gasteiger partial charge in [-0.25, -0.2) is 0 Å². The lowest BCUT2D eigenvalue weighted by atomic mass is 9.69. The van der Waals surface area contributed by atoms with Gasteiger partial charge in [-0.1, -0.05) is 0 Å². The summed E-state index contributed by atoms with van der Waals surface area (Å²) >= 11 is 0. The van der Waals surface area contributed by atoms with E-state index in [-0.39, 0.29) is 11.0 Å². The third-order valence-electron chi connectivity index (χ3n) is 2.88. The number of hydrogen-bond donors (Lipinski definition) is 0. The van der Waals surface area contributed by atoms with Crippen molar-refractivity contribution in [3.8, 4) is 0 Å². The van der Waals surface area contributed by atoms with Gasteiger partial charge in [-0.05, 0) is 47.1 Å². The van der Waals surface area contributed by atoms with Crippen molar-refractivity contribution in [2.24, 2.45) is 5.41 Å². The number of hydrogen-bond acceptors (Lipinski definition) is 1. The lowest BCUT2D eigenvalue weighted by Gasteiger charge is -2.54. The second-order valence-corrected chi connectivity index (χ2v) is 4.57. The first-order chi connectivity index (χ1) is 4.79. The van der Waals surface area contributed by atoms with Crippen LogP contribution < -0.4 is 0 Å². The third-order valence-corrected chi connectivity index (χ3v) is 2.88. The normalized spacial score (nSPS) is 25.5. The van der Waals surface area contributed by atoms with Gasteiger partial charge in [0.2, 0.25) is 0 Å². The Labute approximate surface area is 69.4 Å². The van der Waals surface area contributed by atoms with Crippen LogP contribution in [-0.4, -0.2) is 5.60 Å². The third kappa shape index (κ3) is 0.979. The molecule has 1 nitrogen and oxygen atoms in total. The lowest BCUT2D eigenvalue weighted by molar-refractivity contribution is -0.169. The molecule has 0 unspecified atom stereocenters. The highest BCUT2D eigenvalue weighted by Crippen LogP contribution is 2.53. The van der Waals surface area contributed by atoms with Gasteiger partial charge in [0, 0.05) is 0 Å². The van der Waals surface area contributed by atoms with Gasteiger partial charge in [0.05, 0.1) is 5.41 Å². The predicted octanol–water partition coefficient (Wildman–Crippen LogP) is 3.12. The summed E-state index contributed by atoms with van der Waals surface area (Å²) in [6, 6.07) is 0. The Hall–Kier alpha value is -0.460.